The Labute approximate surface area is 154 Å². The van der Waals surface area contributed by atoms with Crippen molar-refractivity contribution >= 4 is 0 Å². The Morgan fingerprint density at radius 3 is 2.42 bits per heavy atom. The van der Waals surface area contributed by atoms with Crippen LogP contribution in [0.25, 0.3) is 0 Å². The predicted octanol–water partition coefficient (Wildman–Crippen LogP) is 3.14. The van der Waals surface area contributed by atoms with Crippen molar-refractivity contribution in [3.8, 4) is 5.75 Å². The lowest BCUT2D eigenvalue weighted by Crippen LogP contribution is -2.39. The number of halogens is 2. The van der Waals surface area contributed by atoms with Gasteiger partial charge in [0, 0.05) is 44.6 Å². The monoisotopic (exact) mass is 368 g/mol. The molecule has 1 aromatic rings. The van der Waals surface area contributed by atoms with Crippen LogP contribution in [0, 0.1) is 0 Å². The fraction of sp³-hybridized carbons (Fsp3) is 0.700. The zero-order valence-corrected chi connectivity index (χ0v) is 15.4. The number of ether oxygens (including phenoxy) is 1. The standard InChI is InChI=1S/C20H30F2N2O2/c21-20(22)8-12-24(13-9-20)14-17-6-2-3-7-19(17)26-16-18(25)15-23-10-4-1-5-11-23/h2-3,6-7,18,25H,1,4-5,8-16H2/t18-/m0/s1. The molecule has 0 amide bonds. The Kier molecular flexibility index (Phi) is 6.84. The molecule has 0 aromatic heterocycles. The third-order valence-electron chi connectivity index (χ3n) is 5.30. The number of nitrogens with zero attached hydrogens (tertiary/aromatic N) is 2. The summed E-state index contributed by atoms with van der Waals surface area (Å²) >= 11 is 0. The Morgan fingerprint density at radius 1 is 1.00 bits per heavy atom. The molecule has 2 aliphatic heterocycles. The van der Waals surface area contributed by atoms with Gasteiger partial charge >= 0.3 is 0 Å². The molecule has 0 radical (unpaired) electrons. The summed E-state index contributed by atoms with van der Waals surface area (Å²) in [6.45, 7) is 4.40. The third-order valence-corrected chi connectivity index (χ3v) is 5.30. The number of rotatable bonds is 7. The Bertz CT molecular complexity index is 554. The number of piperidine rings is 2. The van der Waals surface area contributed by atoms with Crippen molar-refractivity contribution in [2.75, 3.05) is 39.3 Å². The summed E-state index contributed by atoms with van der Waals surface area (Å²) < 4.78 is 32.5. The summed E-state index contributed by atoms with van der Waals surface area (Å²) in [6, 6.07) is 7.70. The smallest absolute Gasteiger partial charge is 0.250 e. The second-order valence-electron chi connectivity index (χ2n) is 7.57. The number of aliphatic hydroxyl groups is 1. The summed E-state index contributed by atoms with van der Waals surface area (Å²) in [4.78, 5) is 4.33. The van der Waals surface area contributed by atoms with Crippen molar-refractivity contribution in [1.29, 1.82) is 0 Å². The number of alkyl halides is 2. The second-order valence-corrected chi connectivity index (χ2v) is 7.57. The van der Waals surface area contributed by atoms with E-state index in [0.29, 0.717) is 26.2 Å². The number of β-amino-alcohol motifs (C(OH)–C–C–N with tert-alkyl or cyclic N) is 1. The average molecular weight is 368 g/mol. The summed E-state index contributed by atoms with van der Waals surface area (Å²) in [5, 5.41) is 10.3. The first-order valence-electron chi connectivity index (χ1n) is 9.73. The molecule has 0 spiro atoms. The van der Waals surface area contributed by atoms with Gasteiger partial charge in [-0.05, 0) is 32.0 Å². The molecule has 2 fully saturated rings. The van der Waals surface area contributed by atoms with Gasteiger partial charge in [-0.1, -0.05) is 24.6 Å². The van der Waals surface area contributed by atoms with Gasteiger partial charge in [0.15, 0.2) is 0 Å². The molecular formula is C20H30F2N2O2. The van der Waals surface area contributed by atoms with Crippen LogP contribution >= 0.6 is 0 Å². The van der Waals surface area contributed by atoms with Crippen LogP contribution in [-0.2, 0) is 6.54 Å². The van der Waals surface area contributed by atoms with Crippen LogP contribution in [0.5, 0.6) is 5.75 Å². The first kappa shape index (κ1) is 19.5. The highest BCUT2D eigenvalue weighted by Gasteiger charge is 2.34. The molecule has 0 bridgehead atoms. The number of para-hydroxylation sites is 1. The summed E-state index contributed by atoms with van der Waals surface area (Å²) in [7, 11) is 0. The van der Waals surface area contributed by atoms with Crippen LogP contribution in [0.1, 0.15) is 37.7 Å². The minimum absolute atomic E-state index is 0.0788. The number of likely N-dealkylation sites (tertiary alicyclic amines) is 2. The van der Waals surface area contributed by atoms with E-state index < -0.39 is 12.0 Å². The maximum atomic E-state index is 13.3. The minimum Gasteiger partial charge on any atom is -0.491 e. The normalized spacial score (nSPS) is 22.9. The van der Waals surface area contributed by atoms with Crippen LogP contribution in [0.2, 0.25) is 0 Å². The zero-order valence-electron chi connectivity index (χ0n) is 15.4. The highest BCUT2D eigenvalue weighted by atomic mass is 19.3. The molecule has 0 saturated carbocycles. The number of aliphatic hydroxyl groups excluding tert-OH is 1. The molecule has 2 heterocycles. The highest BCUT2D eigenvalue weighted by Crippen LogP contribution is 2.29. The number of benzene rings is 1. The van der Waals surface area contributed by atoms with Crippen LogP contribution in [0.15, 0.2) is 24.3 Å². The highest BCUT2D eigenvalue weighted by molar-refractivity contribution is 5.33. The van der Waals surface area contributed by atoms with Crippen LogP contribution < -0.4 is 4.74 Å². The molecule has 146 valence electrons. The van der Waals surface area contributed by atoms with E-state index >= 15 is 0 Å². The molecule has 2 aliphatic rings. The lowest BCUT2D eigenvalue weighted by atomic mass is 10.1. The topological polar surface area (TPSA) is 35.9 Å². The van der Waals surface area contributed by atoms with E-state index in [0.717, 1.165) is 24.4 Å². The van der Waals surface area contributed by atoms with Gasteiger partial charge in [0.1, 0.15) is 18.5 Å². The predicted molar refractivity (Wildman–Crippen MR) is 97.7 cm³/mol. The molecule has 6 heteroatoms. The second kappa shape index (κ2) is 9.11. The molecule has 1 aromatic carbocycles. The van der Waals surface area contributed by atoms with E-state index in [1.165, 1.54) is 19.3 Å². The van der Waals surface area contributed by atoms with Gasteiger partial charge in [-0.15, -0.1) is 0 Å². The van der Waals surface area contributed by atoms with Crippen molar-refractivity contribution < 1.29 is 18.6 Å². The van der Waals surface area contributed by atoms with Crippen LogP contribution in [0.3, 0.4) is 0 Å². The van der Waals surface area contributed by atoms with Gasteiger partial charge in [-0.25, -0.2) is 8.78 Å². The average Bonchev–Trinajstić information content (AvgIpc) is 2.63. The van der Waals surface area contributed by atoms with Gasteiger partial charge in [-0.3, -0.25) is 4.90 Å². The SMILES string of the molecule is O[C@H](COc1ccccc1CN1CCC(F)(F)CC1)CN1CCCCC1. The largest absolute Gasteiger partial charge is 0.491 e. The summed E-state index contributed by atoms with van der Waals surface area (Å²) in [6.07, 6.45) is 3.00. The molecule has 0 aliphatic carbocycles. The molecule has 1 atom stereocenters. The Balaban J connectivity index is 1.49. The van der Waals surface area contributed by atoms with Gasteiger partial charge in [0.25, 0.3) is 5.92 Å². The molecule has 1 N–H and O–H groups in total. The lowest BCUT2D eigenvalue weighted by Gasteiger charge is -2.32. The van der Waals surface area contributed by atoms with Gasteiger partial charge < -0.3 is 14.7 Å². The van der Waals surface area contributed by atoms with Crippen LogP contribution in [-0.4, -0.2) is 66.3 Å². The van der Waals surface area contributed by atoms with E-state index in [1.807, 2.05) is 29.2 Å². The molecule has 3 rings (SSSR count). The van der Waals surface area contributed by atoms with Crippen LogP contribution in [0.4, 0.5) is 8.78 Å². The molecular weight excluding hydrogens is 338 g/mol. The van der Waals surface area contributed by atoms with E-state index in [-0.39, 0.29) is 19.4 Å². The first-order valence-corrected chi connectivity index (χ1v) is 9.73. The summed E-state index contributed by atoms with van der Waals surface area (Å²) in [5.74, 6) is -1.78. The molecule has 2 saturated heterocycles. The zero-order chi connectivity index (χ0) is 18.4. The molecule has 26 heavy (non-hydrogen) atoms. The third kappa shape index (κ3) is 5.89. The maximum Gasteiger partial charge on any atom is 0.250 e. The van der Waals surface area contributed by atoms with Crippen molar-refractivity contribution in [3.05, 3.63) is 29.8 Å². The molecule has 0 unspecified atom stereocenters. The van der Waals surface area contributed by atoms with E-state index in [9.17, 15) is 13.9 Å². The van der Waals surface area contributed by atoms with Crippen molar-refractivity contribution in [3.63, 3.8) is 0 Å². The first-order chi connectivity index (χ1) is 12.5. The maximum absolute atomic E-state index is 13.3. The van der Waals surface area contributed by atoms with Gasteiger partial charge in [0.2, 0.25) is 0 Å². The molecule has 4 nitrogen and oxygen atoms in total. The number of hydrogen-bond acceptors (Lipinski definition) is 4. The van der Waals surface area contributed by atoms with Crippen molar-refractivity contribution in [1.82, 2.24) is 9.80 Å². The fourth-order valence-corrected chi connectivity index (χ4v) is 3.73. The summed E-state index contributed by atoms with van der Waals surface area (Å²) in [5.41, 5.74) is 0.989. The Hall–Kier alpha value is -1.24. The Morgan fingerprint density at radius 2 is 1.69 bits per heavy atom. The van der Waals surface area contributed by atoms with E-state index in [1.54, 1.807) is 0 Å². The van der Waals surface area contributed by atoms with E-state index in [2.05, 4.69) is 4.90 Å². The van der Waals surface area contributed by atoms with Gasteiger partial charge in [-0.2, -0.15) is 0 Å². The number of hydrogen-bond donors (Lipinski definition) is 1. The van der Waals surface area contributed by atoms with E-state index in [4.69, 9.17) is 4.74 Å². The van der Waals surface area contributed by atoms with Gasteiger partial charge in [0.05, 0.1) is 0 Å². The minimum atomic E-state index is -2.52. The fourth-order valence-electron chi connectivity index (χ4n) is 3.73. The van der Waals surface area contributed by atoms with Crippen molar-refractivity contribution in [2.24, 2.45) is 0 Å². The lowest BCUT2D eigenvalue weighted by molar-refractivity contribution is -0.0567. The van der Waals surface area contributed by atoms with Crippen molar-refractivity contribution in [2.45, 2.75) is 50.7 Å². The quantitative estimate of drug-likeness (QED) is 0.802.